The Kier molecular flexibility index (Phi) is 5.28. The fourth-order valence-electron chi connectivity index (χ4n) is 2.20. The number of anilines is 1. The van der Waals surface area contributed by atoms with Crippen LogP contribution in [0.25, 0.3) is 10.2 Å². The van der Waals surface area contributed by atoms with Gasteiger partial charge in [-0.3, -0.25) is 0 Å². The van der Waals surface area contributed by atoms with Gasteiger partial charge >= 0.3 is 5.97 Å². The summed E-state index contributed by atoms with van der Waals surface area (Å²) in [6.07, 6.45) is 2.31. The van der Waals surface area contributed by atoms with Crippen LogP contribution in [0, 0.1) is 25.2 Å². The van der Waals surface area contributed by atoms with E-state index in [0.29, 0.717) is 17.1 Å². The molecule has 2 aromatic rings. The predicted molar refractivity (Wildman–Crippen MR) is 86.2 cm³/mol. The molecule has 1 N–H and O–H groups in total. The Morgan fingerprint density at radius 2 is 2.14 bits per heavy atom. The van der Waals surface area contributed by atoms with Crippen LogP contribution in [0.2, 0.25) is 0 Å². The molecular formula is C15H18N4O2S. The van der Waals surface area contributed by atoms with Crippen LogP contribution >= 0.6 is 11.3 Å². The van der Waals surface area contributed by atoms with Gasteiger partial charge < -0.3 is 10.1 Å². The van der Waals surface area contributed by atoms with E-state index in [2.05, 4.69) is 21.4 Å². The van der Waals surface area contributed by atoms with Crippen LogP contribution < -0.4 is 5.32 Å². The van der Waals surface area contributed by atoms with E-state index in [9.17, 15) is 4.79 Å². The van der Waals surface area contributed by atoms with E-state index in [-0.39, 0.29) is 5.97 Å². The average Bonchev–Trinajstić information content (AvgIpc) is 2.83. The lowest BCUT2D eigenvalue weighted by molar-refractivity contribution is 0.0605. The lowest BCUT2D eigenvalue weighted by Gasteiger charge is -2.08. The van der Waals surface area contributed by atoms with E-state index in [1.165, 1.54) is 18.4 Å². The van der Waals surface area contributed by atoms with Crippen LogP contribution in [0.5, 0.6) is 0 Å². The molecule has 0 unspecified atom stereocenters. The minimum Gasteiger partial charge on any atom is -0.465 e. The summed E-state index contributed by atoms with van der Waals surface area (Å²) in [5.74, 6) is 1.05. The zero-order valence-electron chi connectivity index (χ0n) is 12.9. The molecule has 2 heterocycles. The molecule has 0 bridgehead atoms. The molecule has 0 aliphatic carbocycles. The molecule has 0 radical (unpaired) electrons. The summed E-state index contributed by atoms with van der Waals surface area (Å²) >= 11 is 1.32. The van der Waals surface area contributed by atoms with Gasteiger partial charge in [-0.25, -0.2) is 14.8 Å². The van der Waals surface area contributed by atoms with Crippen molar-refractivity contribution in [3.63, 3.8) is 0 Å². The van der Waals surface area contributed by atoms with Gasteiger partial charge in [0.1, 0.15) is 21.3 Å². The second-order valence-corrected chi connectivity index (χ2v) is 5.89. The number of unbranched alkanes of at least 4 members (excludes halogenated alkanes) is 2. The number of hydrogen-bond acceptors (Lipinski definition) is 7. The van der Waals surface area contributed by atoms with Crippen LogP contribution in [0.3, 0.4) is 0 Å². The molecule has 22 heavy (non-hydrogen) atoms. The first-order chi connectivity index (χ1) is 10.6. The van der Waals surface area contributed by atoms with Gasteiger partial charge in [0.05, 0.1) is 18.6 Å². The summed E-state index contributed by atoms with van der Waals surface area (Å²) in [5.41, 5.74) is 0.839. The minimum atomic E-state index is -0.349. The lowest BCUT2D eigenvalue weighted by Crippen LogP contribution is -2.06. The summed E-state index contributed by atoms with van der Waals surface area (Å²) in [7, 11) is 1.37. The fraction of sp³-hybridized carbons (Fsp3) is 0.467. The molecule has 0 amide bonds. The highest BCUT2D eigenvalue weighted by atomic mass is 32.1. The number of rotatable bonds is 6. The first-order valence-corrected chi connectivity index (χ1v) is 7.87. The molecule has 0 aromatic carbocycles. The van der Waals surface area contributed by atoms with E-state index in [1.54, 1.807) is 0 Å². The van der Waals surface area contributed by atoms with Crippen molar-refractivity contribution in [1.82, 2.24) is 9.97 Å². The molecule has 0 saturated heterocycles. The topological polar surface area (TPSA) is 87.9 Å². The summed E-state index contributed by atoms with van der Waals surface area (Å²) in [5, 5.41) is 12.7. The number of carbonyl (C=O) groups excluding carboxylic acids is 1. The molecule has 7 heteroatoms. The number of nitrogens with zero attached hydrogens (tertiary/aromatic N) is 3. The highest BCUT2D eigenvalue weighted by Gasteiger charge is 2.20. The third-order valence-corrected chi connectivity index (χ3v) is 4.45. The number of carbonyl (C=O) groups is 1. The number of fused-ring (bicyclic) bond motifs is 1. The van der Waals surface area contributed by atoms with Crippen molar-refractivity contribution in [2.24, 2.45) is 0 Å². The number of aromatic nitrogens is 2. The Balaban J connectivity index is 2.31. The van der Waals surface area contributed by atoms with Crippen molar-refractivity contribution >= 4 is 33.3 Å². The number of methoxy groups -OCH3 is 1. The van der Waals surface area contributed by atoms with Gasteiger partial charge in [0.2, 0.25) is 0 Å². The highest BCUT2D eigenvalue weighted by Crippen LogP contribution is 2.34. The summed E-state index contributed by atoms with van der Waals surface area (Å²) in [4.78, 5) is 22.0. The van der Waals surface area contributed by atoms with E-state index in [0.717, 1.165) is 41.0 Å². The van der Waals surface area contributed by atoms with Crippen LogP contribution in [-0.2, 0) is 4.74 Å². The van der Waals surface area contributed by atoms with Gasteiger partial charge in [0.15, 0.2) is 0 Å². The van der Waals surface area contributed by atoms with Crippen LogP contribution in [0.1, 0.15) is 40.3 Å². The Labute approximate surface area is 133 Å². The molecule has 0 aliphatic rings. The second-order valence-electron chi connectivity index (χ2n) is 4.89. The number of hydrogen-bond donors (Lipinski definition) is 1. The largest absolute Gasteiger partial charge is 0.465 e. The van der Waals surface area contributed by atoms with Gasteiger partial charge in [-0.05, 0) is 32.3 Å². The Bertz CT molecular complexity index is 733. The standard InChI is InChI=1S/C15H18N4O2S/c1-9-11-13(17-8-6-4-5-7-16)18-10(2)19-14(11)22-12(9)15(20)21-3/h4-6,8H2,1-3H3,(H,17,18,19). The van der Waals surface area contributed by atoms with Crippen molar-refractivity contribution in [1.29, 1.82) is 5.26 Å². The number of nitrogens with one attached hydrogen (secondary N) is 1. The number of esters is 1. The molecule has 2 aromatic heterocycles. The van der Waals surface area contributed by atoms with E-state index >= 15 is 0 Å². The molecule has 116 valence electrons. The van der Waals surface area contributed by atoms with Gasteiger partial charge in [0.25, 0.3) is 0 Å². The van der Waals surface area contributed by atoms with Crippen molar-refractivity contribution in [3.05, 3.63) is 16.3 Å². The minimum absolute atomic E-state index is 0.349. The van der Waals surface area contributed by atoms with Gasteiger partial charge in [0, 0.05) is 13.0 Å². The van der Waals surface area contributed by atoms with Crippen LogP contribution in [0.4, 0.5) is 5.82 Å². The highest BCUT2D eigenvalue weighted by molar-refractivity contribution is 7.20. The number of thiophene rings is 1. The SMILES string of the molecule is COC(=O)c1sc2nc(C)nc(NCCCCC#N)c2c1C. The molecule has 0 spiro atoms. The summed E-state index contributed by atoms with van der Waals surface area (Å²) in [6, 6.07) is 2.13. The van der Waals surface area contributed by atoms with Gasteiger partial charge in [-0.15, -0.1) is 11.3 Å². The van der Waals surface area contributed by atoms with Crippen molar-refractivity contribution in [3.8, 4) is 6.07 Å². The van der Waals surface area contributed by atoms with Gasteiger partial charge in [-0.2, -0.15) is 5.26 Å². The number of aryl methyl sites for hydroxylation is 2. The third kappa shape index (κ3) is 3.34. The maximum Gasteiger partial charge on any atom is 0.348 e. The maximum absolute atomic E-state index is 11.8. The maximum atomic E-state index is 11.8. The molecule has 0 atom stereocenters. The summed E-state index contributed by atoms with van der Waals surface area (Å²) in [6.45, 7) is 4.44. The molecular weight excluding hydrogens is 300 g/mol. The second kappa shape index (κ2) is 7.18. The van der Waals surface area contributed by atoms with E-state index in [1.807, 2.05) is 13.8 Å². The summed E-state index contributed by atoms with van der Waals surface area (Å²) < 4.78 is 4.81. The van der Waals surface area contributed by atoms with Crippen molar-refractivity contribution in [2.75, 3.05) is 19.0 Å². The zero-order chi connectivity index (χ0) is 16.1. The van der Waals surface area contributed by atoms with Gasteiger partial charge in [-0.1, -0.05) is 0 Å². The predicted octanol–water partition coefficient (Wildman–Crippen LogP) is 3.20. The average molecular weight is 318 g/mol. The molecule has 6 nitrogen and oxygen atoms in total. The van der Waals surface area contributed by atoms with Crippen molar-refractivity contribution < 1.29 is 9.53 Å². The lowest BCUT2D eigenvalue weighted by atomic mass is 10.2. The molecule has 0 fully saturated rings. The monoisotopic (exact) mass is 318 g/mol. The Morgan fingerprint density at radius 3 is 2.82 bits per heavy atom. The number of ether oxygens (including phenoxy) is 1. The quantitative estimate of drug-likeness (QED) is 0.650. The first kappa shape index (κ1) is 16.2. The van der Waals surface area contributed by atoms with Crippen LogP contribution in [0.15, 0.2) is 0 Å². The Morgan fingerprint density at radius 1 is 1.36 bits per heavy atom. The smallest absolute Gasteiger partial charge is 0.348 e. The molecule has 0 saturated carbocycles. The zero-order valence-corrected chi connectivity index (χ0v) is 13.7. The first-order valence-electron chi connectivity index (χ1n) is 7.05. The van der Waals surface area contributed by atoms with E-state index in [4.69, 9.17) is 10.00 Å². The van der Waals surface area contributed by atoms with Crippen molar-refractivity contribution in [2.45, 2.75) is 33.1 Å². The third-order valence-electron chi connectivity index (χ3n) is 3.28. The normalized spacial score (nSPS) is 10.5. The fourth-order valence-corrected chi connectivity index (χ4v) is 3.34. The van der Waals surface area contributed by atoms with Crippen LogP contribution in [-0.4, -0.2) is 29.6 Å². The Hall–Kier alpha value is -2.20. The molecule has 0 aliphatic heterocycles. The number of nitriles is 1. The molecule has 2 rings (SSSR count). The van der Waals surface area contributed by atoms with E-state index < -0.39 is 0 Å².